The van der Waals surface area contributed by atoms with Gasteiger partial charge in [-0.05, 0) is 37.1 Å². The van der Waals surface area contributed by atoms with Gasteiger partial charge in [-0.25, -0.2) is 4.79 Å². The van der Waals surface area contributed by atoms with E-state index in [1.165, 1.54) is 0 Å². The van der Waals surface area contributed by atoms with Crippen LogP contribution in [0.15, 0.2) is 24.3 Å². The zero-order valence-electron chi connectivity index (χ0n) is 8.73. The summed E-state index contributed by atoms with van der Waals surface area (Å²) in [5, 5.41) is 8.92. The van der Waals surface area contributed by atoms with Crippen molar-refractivity contribution in [3.05, 3.63) is 41.0 Å². The average Bonchev–Trinajstić information content (AvgIpc) is 2.20. The van der Waals surface area contributed by atoms with Gasteiger partial charge in [-0.2, -0.15) is 0 Å². The van der Waals surface area contributed by atoms with Crippen LogP contribution in [-0.2, 0) is 0 Å². The Morgan fingerprint density at radius 2 is 2.27 bits per heavy atom. The number of rotatable bonds is 4. The summed E-state index contributed by atoms with van der Waals surface area (Å²) in [4.78, 5) is 10.9. The second-order valence-corrected chi connectivity index (χ2v) is 3.30. The lowest BCUT2D eigenvalue weighted by Gasteiger charge is -2.04. The first-order chi connectivity index (χ1) is 7.16. The van der Waals surface area contributed by atoms with Crippen LogP contribution in [-0.4, -0.2) is 17.6 Å². The number of carbonyl (C=O) groups is 1. The number of nitrogens with two attached hydrogens (primary N) is 1. The Morgan fingerprint density at radius 3 is 2.87 bits per heavy atom. The first-order valence-corrected chi connectivity index (χ1v) is 4.86. The lowest BCUT2D eigenvalue weighted by atomic mass is 10.0. The number of hydrogen-bond donors (Lipinski definition) is 2. The predicted octanol–water partition coefficient (Wildman–Crippen LogP) is 2.06. The van der Waals surface area contributed by atoms with Crippen LogP contribution in [0.1, 0.15) is 27.9 Å². The summed E-state index contributed by atoms with van der Waals surface area (Å²) < 4.78 is 0. The normalized spacial score (nSPS) is 10.8. The highest BCUT2D eigenvalue weighted by Gasteiger charge is 2.07. The minimum atomic E-state index is -0.887. The Hall–Kier alpha value is -1.61. The van der Waals surface area contributed by atoms with Gasteiger partial charge < -0.3 is 10.8 Å². The molecule has 80 valence electrons. The van der Waals surface area contributed by atoms with Crippen LogP contribution >= 0.6 is 0 Å². The van der Waals surface area contributed by atoms with E-state index in [1.54, 1.807) is 12.1 Å². The summed E-state index contributed by atoms with van der Waals surface area (Å²) in [6, 6.07) is 5.26. The minimum Gasteiger partial charge on any atom is -0.478 e. The lowest BCUT2D eigenvalue weighted by molar-refractivity contribution is 0.0696. The molecule has 1 aromatic carbocycles. The molecule has 0 aliphatic rings. The van der Waals surface area contributed by atoms with Crippen molar-refractivity contribution in [1.82, 2.24) is 0 Å². The van der Waals surface area contributed by atoms with Crippen LogP contribution in [0.5, 0.6) is 0 Å². The zero-order chi connectivity index (χ0) is 11.3. The SMILES string of the molecule is Cc1c(C=CCCN)cccc1C(=O)O. The average molecular weight is 205 g/mol. The molecule has 3 heteroatoms. The van der Waals surface area contributed by atoms with Crippen LogP contribution in [0.25, 0.3) is 6.08 Å². The van der Waals surface area contributed by atoms with Crippen LogP contribution < -0.4 is 5.73 Å². The van der Waals surface area contributed by atoms with Gasteiger partial charge in [0.05, 0.1) is 5.56 Å². The molecule has 0 bridgehead atoms. The van der Waals surface area contributed by atoms with Gasteiger partial charge in [0.25, 0.3) is 0 Å². The van der Waals surface area contributed by atoms with Crippen molar-refractivity contribution < 1.29 is 9.90 Å². The van der Waals surface area contributed by atoms with E-state index >= 15 is 0 Å². The molecule has 0 heterocycles. The fourth-order valence-corrected chi connectivity index (χ4v) is 1.37. The number of carboxylic acid groups (broad SMARTS) is 1. The molecule has 0 unspecified atom stereocenters. The van der Waals surface area contributed by atoms with Crippen molar-refractivity contribution in [2.24, 2.45) is 5.73 Å². The van der Waals surface area contributed by atoms with E-state index in [9.17, 15) is 4.79 Å². The van der Waals surface area contributed by atoms with E-state index in [-0.39, 0.29) is 0 Å². The molecule has 0 amide bonds. The summed E-state index contributed by atoms with van der Waals surface area (Å²) in [5.41, 5.74) is 7.44. The fraction of sp³-hybridized carbons (Fsp3) is 0.250. The van der Waals surface area contributed by atoms with E-state index in [1.807, 2.05) is 25.1 Å². The smallest absolute Gasteiger partial charge is 0.335 e. The maximum Gasteiger partial charge on any atom is 0.335 e. The molecule has 3 N–H and O–H groups in total. The van der Waals surface area contributed by atoms with Crippen molar-refractivity contribution >= 4 is 12.0 Å². The number of aromatic carboxylic acids is 1. The van der Waals surface area contributed by atoms with E-state index in [4.69, 9.17) is 10.8 Å². The highest BCUT2D eigenvalue weighted by Crippen LogP contribution is 2.15. The molecule has 0 aliphatic carbocycles. The second kappa shape index (κ2) is 5.32. The van der Waals surface area contributed by atoms with Gasteiger partial charge in [0, 0.05) is 0 Å². The van der Waals surface area contributed by atoms with Crippen molar-refractivity contribution in [2.45, 2.75) is 13.3 Å². The summed E-state index contributed by atoms with van der Waals surface area (Å²) in [5.74, 6) is -0.887. The lowest BCUT2D eigenvalue weighted by Crippen LogP contribution is -2.00. The van der Waals surface area contributed by atoms with Gasteiger partial charge >= 0.3 is 5.97 Å². The Morgan fingerprint density at radius 1 is 1.53 bits per heavy atom. The second-order valence-electron chi connectivity index (χ2n) is 3.30. The molecule has 1 aromatic rings. The van der Waals surface area contributed by atoms with Gasteiger partial charge in [0.15, 0.2) is 0 Å². The Balaban J connectivity index is 2.99. The molecule has 0 spiro atoms. The summed E-state index contributed by atoms with van der Waals surface area (Å²) in [7, 11) is 0. The highest BCUT2D eigenvalue weighted by atomic mass is 16.4. The van der Waals surface area contributed by atoms with Gasteiger partial charge in [0.2, 0.25) is 0 Å². The van der Waals surface area contributed by atoms with E-state index < -0.39 is 5.97 Å². The summed E-state index contributed by atoms with van der Waals surface area (Å²) >= 11 is 0. The zero-order valence-corrected chi connectivity index (χ0v) is 8.73. The standard InChI is InChI=1S/C12H15NO2/c1-9-10(5-2-3-8-13)6-4-7-11(9)12(14)15/h2,4-7H,3,8,13H2,1H3,(H,14,15). The monoisotopic (exact) mass is 205 g/mol. The molecule has 0 atom stereocenters. The van der Waals surface area contributed by atoms with Crippen LogP contribution in [0, 0.1) is 6.92 Å². The third kappa shape index (κ3) is 2.92. The molecule has 3 nitrogen and oxygen atoms in total. The molecule has 15 heavy (non-hydrogen) atoms. The fourth-order valence-electron chi connectivity index (χ4n) is 1.37. The highest BCUT2D eigenvalue weighted by molar-refractivity contribution is 5.90. The summed E-state index contributed by atoms with van der Waals surface area (Å²) in [6.45, 7) is 2.42. The van der Waals surface area contributed by atoms with E-state index in [0.29, 0.717) is 12.1 Å². The first-order valence-electron chi connectivity index (χ1n) is 4.86. The Labute approximate surface area is 89.2 Å². The van der Waals surface area contributed by atoms with Gasteiger partial charge in [-0.15, -0.1) is 0 Å². The van der Waals surface area contributed by atoms with Gasteiger partial charge in [-0.1, -0.05) is 24.3 Å². The van der Waals surface area contributed by atoms with Gasteiger partial charge in [0.1, 0.15) is 0 Å². The molecule has 0 fully saturated rings. The molecule has 1 rings (SSSR count). The van der Waals surface area contributed by atoms with Crippen LogP contribution in [0.3, 0.4) is 0 Å². The molecule has 0 saturated carbocycles. The van der Waals surface area contributed by atoms with Crippen molar-refractivity contribution in [1.29, 1.82) is 0 Å². The Kier molecular flexibility index (Phi) is 4.06. The number of carboxylic acids is 1. The van der Waals surface area contributed by atoms with Crippen molar-refractivity contribution in [3.8, 4) is 0 Å². The van der Waals surface area contributed by atoms with E-state index in [2.05, 4.69) is 0 Å². The molecule has 0 aromatic heterocycles. The summed E-state index contributed by atoms with van der Waals surface area (Å²) in [6.07, 6.45) is 4.67. The van der Waals surface area contributed by atoms with Crippen LogP contribution in [0.4, 0.5) is 0 Å². The molecule has 0 saturated heterocycles. The predicted molar refractivity (Wildman–Crippen MR) is 60.8 cm³/mol. The minimum absolute atomic E-state index is 0.352. The Bertz CT molecular complexity index is 383. The number of hydrogen-bond acceptors (Lipinski definition) is 2. The maximum absolute atomic E-state index is 10.9. The van der Waals surface area contributed by atoms with Crippen LogP contribution in [0.2, 0.25) is 0 Å². The van der Waals surface area contributed by atoms with Gasteiger partial charge in [-0.3, -0.25) is 0 Å². The van der Waals surface area contributed by atoms with Crippen molar-refractivity contribution in [3.63, 3.8) is 0 Å². The number of benzene rings is 1. The quantitative estimate of drug-likeness (QED) is 0.790. The molecule has 0 aliphatic heterocycles. The topological polar surface area (TPSA) is 63.3 Å². The largest absolute Gasteiger partial charge is 0.478 e. The maximum atomic E-state index is 10.9. The molecule has 0 radical (unpaired) electrons. The third-order valence-corrected chi connectivity index (χ3v) is 2.24. The molecular formula is C12H15NO2. The van der Waals surface area contributed by atoms with Crippen molar-refractivity contribution in [2.75, 3.05) is 6.54 Å². The third-order valence-electron chi connectivity index (χ3n) is 2.24. The van der Waals surface area contributed by atoms with E-state index in [0.717, 1.165) is 17.5 Å². The first kappa shape index (κ1) is 11.5. The molecular weight excluding hydrogens is 190 g/mol.